The number of dihydropyridines is 1. The quantitative estimate of drug-likeness (QED) is 0.597. The van der Waals surface area contributed by atoms with Crippen molar-refractivity contribution in [2.75, 3.05) is 6.61 Å². The zero-order chi connectivity index (χ0) is 18.8. The number of nitrogens with one attached hydrogen (secondary N) is 1. The molecule has 0 spiro atoms. The minimum Gasteiger partial charge on any atom is -0.458 e. The maximum Gasteiger partial charge on any atom is 0.337 e. The number of esters is 1. The lowest BCUT2D eigenvalue weighted by Gasteiger charge is -2.34. The third-order valence-corrected chi connectivity index (χ3v) is 5.45. The SMILES string of the molecule is C=CCOC(=O)C1=C(C)NC2=C(C(=O)CCC2)[C@@H]1c1cccc(Cl)c1Cl. The van der Waals surface area contributed by atoms with Gasteiger partial charge in [0.25, 0.3) is 0 Å². The molecule has 0 saturated heterocycles. The molecular formula is C20H19Cl2NO3. The van der Waals surface area contributed by atoms with E-state index in [1.165, 1.54) is 6.08 Å². The predicted molar refractivity (Wildman–Crippen MR) is 102 cm³/mol. The topological polar surface area (TPSA) is 55.4 Å². The zero-order valence-electron chi connectivity index (χ0n) is 14.4. The van der Waals surface area contributed by atoms with Gasteiger partial charge in [-0.3, -0.25) is 4.79 Å². The second-order valence-electron chi connectivity index (χ2n) is 6.30. The van der Waals surface area contributed by atoms with Crippen molar-refractivity contribution in [3.8, 4) is 0 Å². The van der Waals surface area contributed by atoms with Crippen molar-refractivity contribution in [1.82, 2.24) is 5.32 Å². The van der Waals surface area contributed by atoms with Crippen LogP contribution in [0, 0.1) is 0 Å². The van der Waals surface area contributed by atoms with E-state index in [9.17, 15) is 9.59 Å². The molecule has 0 bridgehead atoms. The lowest BCUT2D eigenvalue weighted by molar-refractivity contribution is -0.138. The van der Waals surface area contributed by atoms with E-state index in [-0.39, 0.29) is 12.4 Å². The molecule has 1 aliphatic carbocycles. The Labute approximate surface area is 162 Å². The van der Waals surface area contributed by atoms with E-state index in [4.69, 9.17) is 27.9 Å². The van der Waals surface area contributed by atoms with Crippen molar-refractivity contribution in [2.24, 2.45) is 0 Å². The number of ether oxygens (including phenoxy) is 1. The molecule has 1 aromatic rings. The number of hydrogen-bond donors (Lipinski definition) is 1. The first kappa shape index (κ1) is 18.7. The van der Waals surface area contributed by atoms with E-state index >= 15 is 0 Å². The van der Waals surface area contributed by atoms with Crippen LogP contribution in [0.2, 0.25) is 10.0 Å². The highest BCUT2D eigenvalue weighted by molar-refractivity contribution is 6.42. The van der Waals surface area contributed by atoms with Crippen LogP contribution in [-0.4, -0.2) is 18.4 Å². The molecular weight excluding hydrogens is 373 g/mol. The summed E-state index contributed by atoms with van der Waals surface area (Å²) in [4.78, 5) is 25.5. The lowest BCUT2D eigenvalue weighted by Crippen LogP contribution is -2.34. The Morgan fingerprint density at radius 1 is 1.38 bits per heavy atom. The minimum absolute atomic E-state index is 0.0151. The summed E-state index contributed by atoms with van der Waals surface area (Å²) in [6, 6.07) is 5.24. The fraction of sp³-hybridized carbons (Fsp3) is 0.300. The predicted octanol–water partition coefficient (Wildman–Crippen LogP) is 4.69. The van der Waals surface area contributed by atoms with Crippen LogP contribution in [0.25, 0.3) is 0 Å². The summed E-state index contributed by atoms with van der Waals surface area (Å²) < 4.78 is 5.27. The molecule has 0 amide bonds. The number of ketones is 1. The largest absolute Gasteiger partial charge is 0.458 e. The Kier molecular flexibility index (Phi) is 5.54. The first-order valence-corrected chi connectivity index (χ1v) is 9.17. The smallest absolute Gasteiger partial charge is 0.337 e. The standard InChI is InChI=1S/C20H19Cl2NO3/c1-3-10-26-20(25)16-11(2)23-14-8-5-9-15(24)18(14)17(16)12-6-4-7-13(21)19(12)22/h3-4,6-7,17,23H,1,5,8-10H2,2H3/t17-/m1/s1. The summed E-state index contributed by atoms with van der Waals surface area (Å²) in [5, 5.41) is 3.95. The second kappa shape index (κ2) is 7.68. The third-order valence-electron chi connectivity index (χ3n) is 4.62. The van der Waals surface area contributed by atoms with Gasteiger partial charge < -0.3 is 10.1 Å². The van der Waals surface area contributed by atoms with Gasteiger partial charge in [0.15, 0.2) is 5.78 Å². The van der Waals surface area contributed by atoms with Crippen LogP contribution in [-0.2, 0) is 14.3 Å². The maximum absolute atomic E-state index is 12.8. The van der Waals surface area contributed by atoms with Gasteiger partial charge in [-0.15, -0.1) is 0 Å². The van der Waals surface area contributed by atoms with Gasteiger partial charge in [0.1, 0.15) is 6.61 Å². The maximum atomic E-state index is 12.8. The molecule has 2 aliphatic rings. The Bertz CT molecular complexity index is 855. The molecule has 1 atom stereocenters. The molecule has 0 aromatic heterocycles. The van der Waals surface area contributed by atoms with Crippen molar-refractivity contribution < 1.29 is 14.3 Å². The van der Waals surface area contributed by atoms with Gasteiger partial charge in [-0.2, -0.15) is 0 Å². The molecule has 1 heterocycles. The van der Waals surface area contributed by atoms with Crippen molar-refractivity contribution >= 4 is 35.0 Å². The summed E-state index contributed by atoms with van der Waals surface area (Å²) in [5.74, 6) is -1.08. The summed E-state index contributed by atoms with van der Waals surface area (Å²) >= 11 is 12.6. The highest BCUT2D eigenvalue weighted by atomic mass is 35.5. The first-order chi connectivity index (χ1) is 12.5. The fourth-order valence-electron chi connectivity index (χ4n) is 3.52. The third kappa shape index (κ3) is 3.31. The summed E-state index contributed by atoms with van der Waals surface area (Å²) in [7, 11) is 0. The first-order valence-electron chi connectivity index (χ1n) is 8.41. The van der Waals surface area contributed by atoms with E-state index in [1.54, 1.807) is 25.1 Å². The van der Waals surface area contributed by atoms with Gasteiger partial charge in [-0.25, -0.2) is 4.79 Å². The monoisotopic (exact) mass is 391 g/mol. The molecule has 1 aromatic carbocycles. The number of rotatable bonds is 4. The van der Waals surface area contributed by atoms with E-state index in [2.05, 4.69) is 11.9 Å². The van der Waals surface area contributed by atoms with Gasteiger partial charge in [0.2, 0.25) is 0 Å². The number of allylic oxidation sites excluding steroid dienone is 3. The molecule has 26 heavy (non-hydrogen) atoms. The van der Waals surface area contributed by atoms with Crippen LogP contribution in [0.15, 0.2) is 53.4 Å². The van der Waals surface area contributed by atoms with Gasteiger partial charge in [-0.05, 0) is 31.4 Å². The zero-order valence-corrected chi connectivity index (χ0v) is 15.9. The number of halogens is 2. The van der Waals surface area contributed by atoms with Gasteiger partial charge in [0, 0.05) is 29.3 Å². The van der Waals surface area contributed by atoms with Crippen molar-refractivity contribution in [3.05, 3.63) is 69.0 Å². The van der Waals surface area contributed by atoms with Crippen LogP contribution in [0.5, 0.6) is 0 Å². The molecule has 1 N–H and O–H groups in total. The average Bonchev–Trinajstić information content (AvgIpc) is 2.61. The highest BCUT2D eigenvalue weighted by Gasteiger charge is 2.40. The average molecular weight is 392 g/mol. The van der Waals surface area contributed by atoms with Gasteiger partial charge >= 0.3 is 5.97 Å². The number of Topliss-reactive ketones (excluding diaryl/α,β-unsaturated/α-hetero) is 1. The fourth-order valence-corrected chi connectivity index (χ4v) is 3.94. The van der Waals surface area contributed by atoms with E-state index in [0.29, 0.717) is 38.9 Å². The number of carbonyl (C=O) groups is 2. The second-order valence-corrected chi connectivity index (χ2v) is 7.08. The molecule has 6 heteroatoms. The molecule has 4 nitrogen and oxygen atoms in total. The van der Waals surface area contributed by atoms with Crippen LogP contribution >= 0.6 is 23.2 Å². The molecule has 0 fully saturated rings. The minimum atomic E-state index is -0.595. The van der Waals surface area contributed by atoms with E-state index < -0.39 is 11.9 Å². The normalized spacial score (nSPS) is 19.8. The van der Waals surface area contributed by atoms with Crippen LogP contribution in [0.3, 0.4) is 0 Å². The van der Waals surface area contributed by atoms with Crippen LogP contribution in [0.4, 0.5) is 0 Å². The Morgan fingerprint density at radius 2 is 2.15 bits per heavy atom. The Hall–Kier alpha value is -2.04. The number of hydrogen-bond acceptors (Lipinski definition) is 4. The Morgan fingerprint density at radius 3 is 2.88 bits per heavy atom. The molecule has 136 valence electrons. The van der Waals surface area contributed by atoms with E-state index in [0.717, 1.165) is 18.5 Å². The Balaban J connectivity index is 2.19. The van der Waals surface area contributed by atoms with Crippen LogP contribution < -0.4 is 5.32 Å². The molecule has 0 radical (unpaired) electrons. The van der Waals surface area contributed by atoms with Crippen molar-refractivity contribution in [1.29, 1.82) is 0 Å². The summed E-state index contributed by atoms with van der Waals surface area (Å²) in [6.07, 6.45) is 3.48. The summed E-state index contributed by atoms with van der Waals surface area (Å²) in [5.41, 5.74) is 3.10. The summed E-state index contributed by atoms with van der Waals surface area (Å²) in [6.45, 7) is 5.46. The molecule has 1 aliphatic heterocycles. The van der Waals surface area contributed by atoms with Gasteiger partial charge in [0.05, 0.1) is 15.6 Å². The lowest BCUT2D eigenvalue weighted by atomic mass is 9.75. The highest BCUT2D eigenvalue weighted by Crippen LogP contribution is 2.45. The van der Waals surface area contributed by atoms with E-state index in [1.807, 2.05) is 0 Å². The van der Waals surface area contributed by atoms with Crippen molar-refractivity contribution in [3.63, 3.8) is 0 Å². The molecule has 0 unspecified atom stereocenters. The van der Waals surface area contributed by atoms with Gasteiger partial charge in [-0.1, -0.05) is 48.0 Å². The number of benzene rings is 1. The van der Waals surface area contributed by atoms with Crippen molar-refractivity contribution in [2.45, 2.75) is 32.1 Å². The molecule has 0 saturated carbocycles. The molecule has 3 rings (SSSR count). The number of carbonyl (C=O) groups excluding carboxylic acids is 2. The van der Waals surface area contributed by atoms with Crippen LogP contribution in [0.1, 0.15) is 37.7 Å².